The number of pyridine rings is 1. The predicted octanol–water partition coefficient (Wildman–Crippen LogP) is 2.41. The van der Waals surface area contributed by atoms with E-state index in [0.29, 0.717) is 0 Å². The number of nitrogens with one attached hydrogen (secondary N) is 1. The van der Waals surface area contributed by atoms with Crippen LogP contribution in [0.15, 0.2) is 33.1 Å². The molecule has 112 valence electrons. The van der Waals surface area contributed by atoms with Gasteiger partial charge in [-0.1, -0.05) is 0 Å². The molecule has 0 aliphatic carbocycles. The van der Waals surface area contributed by atoms with E-state index in [2.05, 4.69) is 25.6 Å². The lowest BCUT2D eigenvalue weighted by atomic mass is 10.4. The van der Waals surface area contributed by atoms with E-state index in [0.717, 1.165) is 17.4 Å². The van der Waals surface area contributed by atoms with Crippen LogP contribution in [0.4, 0.5) is 5.69 Å². The number of aromatic nitrogens is 1. The van der Waals surface area contributed by atoms with Crippen molar-refractivity contribution in [2.75, 3.05) is 11.8 Å². The van der Waals surface area contributed by atoms with Gasteiger partial charge in [0.05, 0.1) is 10.9 Å². The number of carbonyl (C=O) groups is 1. The van der Waals surface area contributed by atoms with Gasteiger partial charge in [0.25, 0.3) is 10.0 Å². The summed E-state index contributed by atoms with van der Waals surface area (Å²) in [5.74, 6) is -1.08. The zero-order chi connectivity index (χ0) is 15.6. The maximum atomic E-state index is 12.3. The average Bonchev–Trinajstić information content (AvgIpc) is 2.82. The van der Waals surface area contributed by atoms with Crippen LogP contribution in [0.5, 0.6) is 5.88 Å². The van der Waals surface area contributed by atoms with Crippen molar-refractivity contribution in [1.29, 1.82) is 0 Å². The summed E-state index contributed by atoms with van der Waals surface area (Å²) in [5, 5.41) is 8.90. The molecule has 21 heavy (non-hydrogen) atoms. The van der Waals surface area contributed by atoms with Crippen molar-refractivity contribution >= 4 is 48.9 Å². The quantitative estimate of drug-likeness (QED) is 0.808. The number of hydrogen-bond acceptors (Lipinski definition) is 6. The normalized spacial score (nSPS) is 11.1. The summed E-state index contributed by atoms with van der Waals surface area (Å²) in [7, 11) is -2.59. The number of sulfonamides is 1. The monoisotopic (exact) mass is 392 g/mol. The Hall–Kier alpha value is -1.65. The van der Waals surface area contributed by atoms with Gasteiger partial charge in [-0.25, -0.2) is 18.2 Å². The number of halogens is 1. The second-order valence-corrected chi connectivity index (χ2v) is 7.74. The Morgan fingerprint density at radius 3 is 2.81 bits per heavy atom. The molecule has 0 amide bonds. The summed E-state index contributed by atoms with van der Waals surface area (Å²) >= 11 is 3.88. The van der Waals surface area contributed by atoms with Gasteiger partial charge in [0.1, 0.15) is 15.5 Å². The molecule has 0 fully saturated rings. The second kappa shape index (κ2) is 6.00. The smallest absolute Gasteiger partial charge is 0.345 e. The van der Waals surface area contributed by atoms with E-state index >= 15 is 0 Å². The summed E-state index contributed by atoms with van der Waals surface area (Å²) in [6.07, 6.45) is 1.46. The molecule has 0 aromatic carbocycles. The minimum absolute atomic E-state index is 0.0830. The number of nitrogens with zero attached hydrogens (tertiary/aromatic N) is 1. The molecule has 10 heteroatoms. The van der Waals surface area contributed by atoms with Crippen LogP contribution in [0.3, 0.4) is 0 Å². The molecule has 0 atom stereocenters. The first-order chi connectivity index (χ1) is 9.85. The van der Waals surface area contributed by atoms with Crippen molar-refractivity contribution in [3.05, 3.63) is 33.1 Å². The highest BCUT2D eigenvalue weighted by Gasteiger charge is 2.24. The van der Waals surface area contributed by atoms with Crippen LogP contribution in [0, 0.1) is 0 Å². The minimum Gasteiger partial charge on any atom is -0.480 e. The number of thiophene rings is 1. The molecule has 0 unspecified atom stereocenters. The maximum absolute atomic E-state index is 12.3. The first kappa shape index (κ1) is 15.7. The van der Waals surface area contributed by atoms with Gasteiger partial charge in [0, 0.05) is 6.20 Å². The molecule has 2 rings (SSSR count). The molecule has 0 saturated heterocycles. The third-order valence-corrected chi connectivity index (χ3v) is 5.97. The second-order valence-electron chi connectivity index (χ2n) is 3.72. The van der Waals surface area contributed by atoms with Gasteiger partial charge in [-0.3, -0.25) is 4.72 Å². The highest BCUT2D eigenvalue weighted by atomic mass is 79.9. The molecular weight excluding hydrogens is 384 g/mol. The lowest BCUT2D eigenvalue weighted by Gasteiger charge is -2.09. The Morgan fingerprint density at radius 1 is 1.52 bits per heavy atom. The fourth-order valence-corrected chi connectivity index (χ4v) is 4.93. The fraction of sp³-hybridized carbons (Fsp3) is 0.0909. The van der Waals surface area contributed by atoms with Crippen molar-refractivity contribution in [2.45, 2.75) is 4.90 Å². The summed E-state index contributed by atoms with van der Waals surface area (Å²) in [6, 6.07) is 4.12. The fourth-order valence-electron chi connectivity index (χ4n) is 1.47. The van der Waals surface area contributed by atoms with E-state index in [-0.39, 0.29) is 25.1 Å². The van der Waals surface area contributed by atoms with Gasteiger partial charge in [-0.15, -0.1) is 11.3 Å². The number of hydrogen-bond donors (Lipinski definition) is 2. The van der Waals surface area contributed by atoms with E-state index in [1.807, 2.05) is 0 Å². The molecule has 7 nitrogen and oxygen atoms in total. The first-order valence-corrected chi connectivity index (χ1v) is 8.49. The van der Waals surface area contributed by atoms with Gasteiger partial charge in [-0.2, -0.15) is 0 Å². The SMILES string of the molecule is COc1ncccc1NS(=O)(=O)c1cc(C(=O)O)sc1Br. The minimum atomic E-state index is -3.96. The molecule has 2 aromatic heterocycles. The standard InChI is InChI=1S/C11H9BrN2O5S2/c1-19-10-6(3-2-4-13-10)14-21(17,18)8-5-7(11(15)16)20-9(8)12/h2-5,14H,1H3,(H,15,16). The van der Waals surface area contributed by atoms with Gasteiger partial charge >= 0.3 is 5.97 Å². The van der Waals surface area contributed by atoms with E-state index in [4.69, 9.17) is 9.84 Å². The first-order valence-electron chi connectivity index (χ1n) is 5.39. The van der Waals surface area contributed by atoms with Crippen molar-refractivity contribution < 1.29 is 23.1 Å². The number of rotatable bonds is 5. The Balaban J connectivity index is 2.41. The molecule has 0 aliphatic rings. The molecular formula is C11H9BrN2O5S2. The Kier molecular flexibility index (Phi) is 4.49. The van der Waals surface area contributed by atoms with Crippen LogP contribution in [-0.2, 0) is 10.0 Å². The number of aromatic carboxylic acids is 1. The number of anilines is 1. The molecule has 2 aromatic rings. The molecule has 2 N–H and O–H groups in total. The third kappa shape index (κ3) is 3.34. The van der Waals surface area contributed by atoms with E-state index in [1.54, 1.807) is 6.07 Å². The molecule has 0 bridgehead atoms. The molecule has 0 spiro atoms. The van der Waals surface area contributed by atoms with Crippen molar-refractivity contribution in [3.63, 3.8) is 0 Å². The number of methoxy groups -OCH3 is 1. The predicted molar refractivity (Wildman–Crippen MR) is 80.6 cm³/mol. The topological polar surface area (TPSA) is 106 Å². The third-order valence-electron chi connectivity index (χ3n) is 2.36. The highest BCUT2D eigenvalue weighted by Crippen LogP contribution is 2.33. The Bertz CT molecular complexity index is 788. The van der Waals surface area contributed by atoms with Crippen LogP contribution in [-0.4, -0.2) is 31.6 Å². The number of ether oxygens (including phenoxy) is 1. The molecule has 0 radical (unpaired) electrons. The van der Waals surface area contributed by atoms with Gasteiger partial charge < -0.3 is 9.84 Å². The Morgan fingerprint density at radius 2 is 2.24 bits per heavy atom. The van der Waals surface area contributed by atoms with Crippen molar-refractivity contribution in [2.24, 2.45) is 0 Å². The summed E-state index contributed by atoms with van der Waals surface area (Å²) in [4.78, 5) is 14.5. The van der Waals surface area contributed by atoms with E-state index in [9.17, 15) is 13.2 Å². The van der Waals surface area contributed by atoms with E-state index < -0.39 is 16.0 Å². The van der Waals surface area contributed by atoms with Crippen LogP contribution in [0.2, 0.25) is 0 Å². The maximum Gasteiger partial charge on any atom is 0.345 e. The summed E-state index contributed by atoms with van der Waals surface area (Å²) in [5.41, 5.74) is 0.162. The van der Waals surface area contributed by atoms with Crippen molar-refractivity contribution in [3.8, 4) is 5.88 Å². The largest absolute Gasteiger partial charge is 0.480 e. The summed E-state index contributed by atoms with van der Waals surface area (Å²) in [6.45, 7) is 0. The van der Waals surface area contributed by atoms with E-state index in [1.165, 1.54) is 19.4 Å². The van der Waals surface area contributed by atoms with Gasteiger partial charge in [0.15, 0.2) is 0 Å². The van der Waals surface area contributed by atoms with Crippen LogP contribution < -0.4 is 9.46 Å². The van der Waals surface area contributed by atoms with Gasteiger partial charge in [0.2, 0.25) is 5.88 Å². The summed E-state index contributed by atoms with van der Waals surface area (Å²) < 4.78 is 32.1. The average molecular weight is 393 g/mol. The zero-order valence-corrected chi connectivity index (χ0v) is 13.8. The molecule has 0 aliphatic heterocycles. The van der Waals surface area contributed by atoms with Gasteiger partial charge in [-0.05, 0) is 34.1 Å². The van der Waals surface area contributed by atoms with Crippen LogP contribution >= 0.6 is 27.3 Å². The number of carboxylic acid groups (broad SMARTS) is 1. The lowest BCUT2D eigenvalue weighted by Crippen LogP contribution is -2.13. The van der Waals surface area contributed by atoms with Crippen LogP contribution in [0.1, 0.15) is 9.67 Å². The molecule has 0 saturated carbocycles. The zero-order valence-electron chi connectivity index (χ0n) is 10.5. The number of carboxylic acids is 1. The molecule has 2 heterocycles. The van der Waals surface area contributed by atoms with Crippen molar-refractivity contribution in [1.82, 2.24) is 4.98 Å². The lowest BCUT2D eigenvalue weighted by molar-refractivity contribution is 0.0702. The van der Waals surface area contributed by atoms with Crippen LogP contribution in [0.25, 0.3) is 0 Å². The highest BCUT2D eigenvalue weighted by molar-refractivity contribution is 9.11. The Labute approximate surface area is 132 Å².